The van der Waals surface area contributed by atoms with Crippen LogP contribution in [0.25, 0.3) is 12.2 Å². The Morgan fingerprint density at radius 2 is 0.929 bits per heavy atom. The zero-order valence-corrected chi connectivity index (χ0v) is 22.2. The Bertz CT molecular complexity index is 1720. The van der Waals surface area contributed by atoms with Crippen LogP contribution in [0.15, 0.2) is 119 Å². The maximum atomic E-state index is 12.8. The number of allylic oxidation sites excluding steroid dienone is 2. The van der Waals surface area contributed by atoms with Crippen molar-refractivity contribution < 1.29 is 14.4 Å². The second-order valence-electron chi connectivity index (χ2n) is 9.45. The van der Waals surface area contributed by atoms with Gasteiger partial charge in [-0.1, -0.05) is 72.8 Å². The molecule has 0 saturated carbocycles. The molecule has 2 aliphatic rings. The average Bonchev–Trinajstić information content (AvgIpc) is 3.00. The summed E-state index contributed by atoms with van der Waals surface area (Å²) >= 11 is 0. The highest BCUT2D eigenvalue weighted by Crippen LogP contribution is 2.22. The van der Waals surface area contributed by atoms with Gasteiger partial charge in [0.1, 0.15) is 11.4 Å². The number of nitrogens with zero attached hydrogens (tertiary/aromatic N) is 2. The highest BCUT2D eigenvalue weighted by atomic mass is 16.2. The van der Waals surface area contributed by atoms with Crippen molar-refractivity contribution in [2.24, 2.45) is 10.2 Å². The molecule has 4 N–H and O–H groups in total. The summed E-state index contributed by atoms with van der Waals surface area (Å²) in [4.78, 5) is 37.6. The lowest BCUT2D eigenvalue weighted by molar-refractivity contribution is -0.109. The van der Waals surface area contributed by atoms with Crippen molar-refractivity contribution in [3.63, 3.8) is 0 Å². The van der Waals surface area contributed by atoms with Gasteiger partial charge in [-0.3, -0.25) is 20.4 Å². The first kappa shape index (κ1) is 26.1. The maximum Gasteiger partial charge on any atom is 0.323 e. The second-order valence-corrected chi connectivity index (χ2v) is 9.45. The molecule has 2 amide bonds. The van der Waals surface area contributed by atoms with E-state index >= 15 is 0 Å². The van der Waals surface area contributed by atoms with Gasteiger partial charge in [0.25, 0.3) is 0 Å². The lowest BCUT2D eigenvalue weighted by Gasteiger charge is -2.13. The molecule has 0 aliphatic heterocycles. The molecule has 0 spiro atoms. The molecule has 0 fully saturated rings. The van der Waals surface area contributed by atoms with Crippen LogP contribution >= 0.6 is 0 Å². The van der Waals surface area contributed by atoms with Crippen LogP contribution < -0.4 is 21.5 Å². The number of rotatable bonds is 6. The van der Waals surface area contributed by atoms with E-state index in [0.29, 0.717) is 34.2 Å². The molecular weight excluding hydrogens is 528 g/mol. The summed E-state index contributed by atoms with van der Waals surface area (Å²) in [5.41, 5.74) is 12.1. The van der Waals surface area contributed by atoms with E-state index in [0.717, 1.165) is 22.3 Å². The van der Waals surface area contributed by atoms with Gasteiger partial charge in [0.2, 0.25) is 11.6 Å². The Balaban J connectivity index is 1.10. The number of amides is 2. The number of nitrogens with one attached hydrogen (secondary N) is 4. The van der Waals surface area contributed by atoms with Crippen LogP contribution in [0, 0.1) is 0 Å². The van der Waals surface area contributed by atoms with Gasteiger partial charge in [0, 0.05) is 22.5 Å². The fourth-order valence-electron chi connectivity index (χ4n) is 4.57. The fourth-order valence-corrected chi connectivity index (χ4v) is 4.57. The van der Waals surface area contributed by atoms with Gasteiger partial charge in [0.05, 0.1) is 11.4 Å². The molecule has 0 atom stereocenters. The van der Waals surface area contributed by atoms with Gasteiger partial charge >= 0.3 is 6.03 Å². The standard InChI is InChI=1S/C33H24N6O3/c40-29-17-15-21-7-1-3-13-27(21)31(29)38-36-25-11-5-9-23(19-25)34-33(42)35-24-10-6-12-26(20-24)37-39-32-28-14-4-2-8-22(28)16-18-30(32)41/h1-20,36-37H,(H2,34,35,42). The number of anilines is 4. The SMILES string of the molecule is O=C(Nc1cccc(NN=C2C(=O)C=Cc3ccccc32)c1)Nc1cccc(NN=C2C(=O)C=Cc3ccccc32)c1. The van der Waals surface area contributed by atoms with Crippen molar-refractivity contribution in [3.8, 4) is 0 Å². The maximum absolute atomic E-state index is 12.8. The van der Waals surface area contributed by atoms with Crippen LogP contribution in [0.5, 0.6) is 0 Å². The van der Waals surface area contributed by atoms with Gasteiger partial charge < -0.3 is 10.6 Å². The minimum atomic E-state index is -0.454. The third-order valence-corrected chi connectivity index (χ3v) is 6.56. The van der Waals surface area contributed by atoms with Gasteiger partial charge in [-0.05, 0) is 59.7 Å². The fraction of sp³-hybridized carbons (Fsp3) is 0. The molecule has 42 heavy (non-hydrogen) atoms. The Hall–Kier alpha value is -6.09. The molecule has 0 radical (unpaired) electrons. The van der Waals surface area contributed by atoms with Gasteiger partial charge in [0.15, 0.2) is 0 Å². The van der Waals surface area contributed by atoms with E-state index in [4.69, 9.17) is 0 Å². The number of benzene rings is 4. The van der Waals surface area contributed by atoms with Crippen LogP contribution in [0.3, 0.4) is 0 Å². The van der Waals surface area contributed by atoms with Crippen LogP contribution in [-0.2, 0) is 9.59 Å². The molecule has 204 valence electrons. The van der Waals surface area contributed by atoms with Gasteiger partial charge in [-0.2, -0.15) is 10.2 Å². The zero-order valence-electron chi connectivity index (χ0n) is 22.2. The number of hydrogen-bond donors (Lipinski definition) is 4. The third kappa shape index (κ3) is 5.75. The predicted octanol–water partition coefficient (Wildman–Crippen LogP) is 6.15. The Labute approximate surface area is 241 Å². The first-order chi connectivity index (χ1) is 20.5. The largest absolute Gasteiger partial charge is 0.323 e. The van der Waals surface area contributed by atoms with Gasteiger partial charge in [-0.25, -0.2) is 4.79 Å². The number of hydrogen-bond acceptors (Lipinski definition) is 7. The summed E-state index contributed by atoms with van der Waals surface area (Å²) in [6.07, 6.45) is 6.53. The topological polar surface area (TPSA) is 124 Å². The van der Waals surface area contributed by atoms with Crippen LogP contribution in [0.2, 0.25) is 0 Å². The number of fused-ring (bicyclic) bond motifs is 2. The summed E-state index contributed by atoms with van der Waals surface area (Å²) in [6, 6.07) is 28.6. The number of carbonyl (C=O) groups excluding carboxylic acids is 3. The molecule has 9 nitrogen and oxygen atoms in total. The molecule has 6 rings (SSSR count). The average molecular weight is 553 g/mol. The predicted molar refractivity (Wildman–Crippen MR) is 167 cm³/mol. The number of hydrazone groups is 2. The normalized spacial score (nSPS) is 15.2. The van der Waals surface area contributed by atoms with Crippen LogP contribution in [0.4, 0.5) is 27.5 Å². The number of carbonyl (C=O) groups is 3. The quantitative estimate of drug-likeness (QED) is 0.214. The lowest BCUT2D eigenvalue weighted by atomic mass is 9.95. The molecule has 4 aromatic carbocycles. The monoisotopic (exact) mass is 552 g/mol. The summed E-state index contributed by atoms with van der Waals surface area (Å²) in [5, 5.41) is 14.3. The molecule has 0 bridgehead atoms. The van der Waals surface area contributed by atoms with Crippen molar-refractivity contribution >= 4 is 63.9 Å². The molecule has 9 heteroatoms. The van der Waals surface area contributed by atoms with E-state index in [1.54, 1.807) is 60.7 Å². The smallest absolute Gasteiger partial charge is 0.308 e. The molecular formula is C33H24N6O3. The minimum Gasteiger partial charge on any atom is -0.308 e. The summed E-state index contributed by atoms with van der Waals surface area (Å²) < 4.78 is 0. The van der Waals surface area contributed by atoms with E-state index in [-0.39, 0.29) is 11.6 Å². The summed E-state index contributed by atoms with van der Waals surface area (Å²) in [5.74, 6) is -0.380. The van der Waals surface area contributed by atoms with Crippen molar-refractivity contribution in [2.75, 3.05) is 21.5 Å². The Kier molecular flexibility index (Phi) is 7.20. The third-order valence-electron chi connectivity index (χ3n) is 6.56. The molecule has 0 saturated heterocycles. The Morgan fingerprint density at radius 1 is 0.500 bits per heavy atom. The minimum absolute atomic E-state index is 0.190. The van der Waals surface area contributed by atoms with Crippen molar-refractivity contribution in [2.45, 2.75) is 0 Å². The molecule has 4 aromatic rings. The molecule has 0 aromatic heterocycles. The van der Waals surface area contributed by atoms with Crippen LogP contribution in [0.1, 0.15) is 22.3 Å². The van der Waals surface area contributed by atoms with Crippen molar-refractivity contribution in [1.29, 1.82) is 0 Å². The molecule has 0 heterocycles. The van der Waals surface area contributed by atoms with E-state index in [2.05, 4.69) is 31.7 Å². The lowest BCUT2D eigenvalue weighted by Crippen LogP contribution is -2.20. The first-order valence-electron chi connectivity index (χ1n) is 13.1. The van der Waals surface area contributed by atoms with Gasteiger partial charge in [-0.15, -0.1) is 0 Å². The highest BCUT2D eigenvalue weighted by molar-refractivity contribution is 6.52. The second kappa shape index (κ2) is 11.6. The first-order valence-corrected chi connectivity index (χ1v) is 13.1. The summed E-state index contributed by atoms with van der Waals surface area (Å²) in [6.45, 7) is 0. The van der Waals surface area contributed by atoms with Crippen molar-refractivity contribution in [3.05, 3.63) is 131 Å². The van der Waals surface area contributed by atoms with Crippen molar-refractivity contribution in [1.82, 2.24) is 0 Å². The van der Waals surface area contributed by atoms with E-state index in [1.165, 1.54) is 12.2 Å². The molecule has 0 unspecified atom stereocenters. The Morgan fingerprint density at radius 3 is 1.40 bits per heavy atom. The number of urea groups is 1. The van der Waals surface area contributed by atoms with E-state index in [1.807, 2.05) is 48.5 Å². The van der Waals surface area contributed by atoms with E-state index in [9.17, 15) is 14.4 Å². The summed E-state index contributed by atoms with van der Waals surface area (Å²) in [7, 11) is 0. The van der Waals surface area contributed by atoms with E-state index < -0.39 is 6.03 Å². The molecule has 2 aliphatic carbocycles. The zero-order chi connectivity index (χ0) is 28.9. The highest BCUT2D eigenvalue weighted by Gasteiger charge is 2.19. The number of ketones is 2. The van der Waals surface area contributed by atoms with Crippen LogP contribution in [-0.4, -0.2) is 29.0 Å².